The van der Waals surface area contributed by atoms with Crippen LogP contribution in [0.5, 0.6) is 0 Å². The number of aryl methyl sites for hydroxylation is 1. The fourth-order valence-electron chi connectivity index (χ4n) is 6.81. The van der Waals surface area contributed by atoms with Crippen LogP contribution in [0.1, 0.15) is 53.2 Å². The van der Waals surface area contributed by atoms with Crippen LogP contribution in [-0.4, -0.2) is 70.7 Å². The highest BCUT2D eigenvalue weighted by molar-refractivity contribution is 5.95. The third-order valence-corrected chi connectivity index (χ3v) is 9.08. The van der Waals surface area contributed by atoms with Gasteiger partial charge in [-0.2, -0.15) is 13.2 Å². The number of carboxylic acid groups (broad SMARTS) is 1. The Morgan fingerprint density at radius 3 is 2.45 bits per heavy atom. The molecule has 7 nitrogen and oxygen atoms in total. The molecule has 1 N–H and O–H groups in total. The number of amides is 1. The van der Waals surface area contributed by atoms with Crippen molar-refractivity contribution >= 4 is 17.6 Å². The minimum absolute atomic E-state index is 0.0263. The topological polar surface area (TPSA) is 77.0 Å². The van der Waals surface area contributed by atoms with Gasteiger partial charge < -0.3 is 19.8 Å². The monoisotopic (exact) mass is 552 g/mol. The number of piperidine rings is 1. The number of halogens is 3. The lowest BCUT2D eigenvalue weighted by Gasteiger charge is -2.40. The number of anilines is 1. The highest BCUT2D eigenvalue weighted by Crippen LogP contribution is 2.43. The Morgan fingerprint density at radius 2 is 1.75 bits per heavy atom. The van der Waals surface area contributed by atoms with Gasteiger partial charge in [0.05, 0.1) is 23.7 Å². The van der Waals surface area contributed by atoms with E-state index in [9.17, 15) is 27.9 Å². The van der Waals surface area contributed by atoms with Gasteiger partial charge in [0.1, 0.15) is 0 Å². The Labute approximate surface area is 230 Å². The number of alkyl halides is 3. The highest BCUT2D eigenvalue weighted by Gasteiger charge is 2.43. The second-order valence-electron chi connectivity index (χ2n) is 11.3. The van der Waals surface area contributed by atoms with E-state index < -0.39 is 23.3 Å². The van der Waals surface area contributed by atoms with E-state index in [1.807, 2.05) is 35.2 Å². The zero-order valence-electron chi connectivity index (χ0n) is 22.0. The molecule has 1 aromatic carbocycles. The maximum absolute atomic E-state index is 13.6. The number of carboxylic acids is 1. The maximum atomic E-state index is 13.6. The Morgan fingerprint density at radius 1 is 1.02 bits per heavy atom. The van der Waals surface area contributed by atoms with Crippen molar-refractivity contribution in [1.29, 1.82) is 0 Å². The largest absolute Gasteiger partial charge is 0.478 e. The summed E-state index contributed by atoms with van der Waals surface area (Å²) in [4.78, 5) is 35.3. The molecule has 1 aliphatic carbocycles. The summed E-state index contributed by atoms with van der Waals surface area (Å²) in [6.07, 6.45) is 5.45. The van der Waals surface area contributed by atoms with Crippen molar-refractivity contribution in [3.63, 3.8) is 0 Å². The number of likely N-dealkylation sites (tertiary alicyclic amines) is 1. The first-order valence-corrected chi connectivity index (χ1v) is 13.7. The Hall–Kier alpha value is -3.82. The van der Waals surface area contributed by atoms with Crippen molar-refractivity contribution in [2.24, 2.45) is 5.41 Å². The lowest BCUT2D eigenvalue weighted by atomic mass is 9.77. The molecule has 6 rings (SSSR count). The molecular weight excluding hydrogens is 521 g/mol. The van der Waals surface area contributed by atoms with Crippen LogP contribution >= 0.6 is 0 Å². The van der Waals surface area contributed by atoms with E-state index in [-0.39, 0.29) is 23.9 Å². The summed E-state index contributed by atoms with van der Waals surface area (Å²) in [5.41, 5.74) is 2.01. The van der Waals surface area contributed by atoms with Gasteiger partial charge in [0.15, 0.2) is 0 Å². The summed E-state index contributed by atoms with van der Waals surface area (Å²) < 4.78 is 40.1. The molecule has 1 spiro atoms. The predicted octanol–water partition coefficient (Wildman–Crippen LogP) is 4.97. The molecule has 1 atom stereocenters. The summed E-state index contributed by atoms with van der Waals surface area (Å²) in [6.45, 7) is 2.97. The predicted molar refractivity (Wildman–Crippen MR) is 143 cm³/mol. The van der Waals surface area contributed by atoms with E-state index in [1.54, 1.807) is 17.3 Å². The molecule has 4 heterocycles. The van der Waals surface area contributed by atoms with E-state index >= 15 is 0 Å². The van der Waals surface area contributed by atoms with Crippen LogP contribution < -0.4 is 4.90 Å². The number of aliphatic carboxylic acids is 1. The molecule has 2 fully saturated rings. The molecule has 4 aliphatic rings. The SMILES string of the molecule is O=C(O)C1=C(C(F)(F)F)C=CN([C@@H]2CCc3ccc(C(=O)N4CCC5(CCN(c6ccncc6)CC5)C4)cc32)C1. The number of aromatic nitrogens is 1. The van der Waals surface area contributed by atoms with Crippen molar-refractivity contribution in [1.82, 2.24) is 14.8 Å². The van der Waals surface area contributed by atoms with Gasteiger partial charge in [0.2, 0.25) is 0 Å². The normalized spacial score (nSPS) is 22.3. The molecule has 0 radical (unpaired) electrons. The van der Waals surface area contributed by atoms with Gasteiger partial charge in [-0.3, -0.25) is 9.78 Å². The van der Waals surface area contributed by atoms with Gasteiger partial charge in [0.25, 0.3) is 5.91 Å². The van der Waals surface area contributed by atoms with Crippen LogP contribution in [0.15, 0.2) is 66.1 Å². The number of fused-ring (bicyclic) bond motifs is 1. The number of allylic oxidation sites excluding steroid dienone is 2. The summed E-state index contributed by atoms with van der Waals surface area (Å²) in [6, 6.07) is 9.41. The molecule has 1 amide bonds. The van der Waals surface area contributed by atoms with Crippen molar-refractivity contribution in [3.05, 3.63) is 82.8 Å². The summed E-state index contributed by atoms with van der Waals surface area (Å²) in [5, 5.41) is 9.47. The lowest BCUT2D eigenvalue weighted by molar-refractivity contribution is -0.134. The molecule has 0 bridgehead atoms. The van der Waals surface area contributed by atoms with Gasteiger partial charge in [-0.15, -0.1) is 0 Å². The van der Waals surface area contributed by atoms with Crippen LogP contribution in [0.25, 0.3) is 0 Å². The number of pyridine rings is 1. The number of hydrogen-bond donors (Lipinski definition) is 1. The zero-order valence-corrected chi connectivity index (χ0v) is 22.0. The second-order valence-corrected chi connectivity index (χ2v) is 11.3. The first kappa shape index (κ1) is 26.4. The number of nitrogens with zero attached hydrogens (tertiary/aromatic N) is 4. The molecule has 1 aromatic heterocycles. The minimum atomic E-state index is -4.73. The Balaban J connectivity index is 1.15. The Kier molecular flexibility index (Phi) is 6.59. The molecule has 2 aromatic rings. The van der Waals surface area contributed by atoms with Gasteiger partial charge in [-0.1, -0.05) is 6.07 Å². The third-order valence-electron chi connectivity index (χ3n) is 9.08. The Bertz CT molecular complexity index is 1380. The maximum Gasteiger partial charge on any atom is 0.417 e. The van der Waals surface area contributed by atoms with Crippen LogP contribution in [0.2, 0.25) is 0 Å². The second kappa shape index (κ2) is 9.98. The first-order valence-electron chi connectivity index (χ1n) is 13.7. The van der Waals surface area contributed by atoms with Crippen LogP contribution in [0.3, 0.4) is 0 Å². The fraction of sp³-hybridized carbons (Fsp3) is 0.433. The summed E-state index contributed by atoms with van der Waals surface area (Å²) >= 11 is 0. The smallest absolute Gasteiger partial charge is 0.417 e. The van der Waals surface area contributed by atoms with Crippen molar-refractivity contribution < 1.29 is 27.9 Å². The van der Waals surface area contributed by atoms with Gasteiger partial charge in [-0.05, 0) is 79.0 Å². The number of hydrogen-bond acceptors (Lipinski definition) is 5. The molecule has 0 unspecified atom stereocenters. The van der Waals surface area contributed by atoms with E-state index in [1.165, 1.54) is 11.9 Å². The minimum Gasteiger partial charge on any atom is -0.478 e. The lowest BCUT2D eigenvalue weighted by Crippen LogP contribution is -2.42. The van der Waals surface area contributed by atoms with Crippen molar-refractivity contribution in [2.45, 2.75) is 44.3 Å². The van der Waals surface area contributed by atoms with E-state index in [2.05, 4.69) is 9.88 Å². The molecule has 2 saturated heterocycles. The molecule has 40 heavy (non-hydrogen) atoms. The quantitative estimate of drug-likeness (QED) is 0.577. The van der Waals surface area contributed by atoms with E-state index in [4.69, 9.17) is 0 Å². The fourth-order valence-corrected chi connectivity index (χ4v) is 6.81. The van der Waals surface area contributed by atoms with E-state index in [0.29, 0.717) is 18.5 Å². The number of carbonyl (C=O) groups is 2. The van der Waals surface area contributed by atoms with Crippen molar-refractivity contribution in [2.75, 3.05) is 37.6 Å². The molecular formula is C30H31F3N4O3. The molecule has 10 heteroatoms. The average Bonchev–Trinajstić information content (AvgIpc) is 3.57. The van der Waals surface area contributed by atoms with Crippen molar-refractivity contribution in [3.8, 4) is 0 Å². The van der Waals surface area contributed by atoms with Crippen LogP contribution in [-0.2, 0) is 11.2 Å². The van der Waals surface area contributed by atoms with Gasteiger partial charge in [-0.25, -0.2) is 4.79 Å². The molecule has 0 saturated carbocycles. The average molecular weight is 553 g/mol. The third kappa shape index (κ3) is 4.84. The first-order chi connectivity index (χ1) is 19.1. The molecule has 210 valence electrons. The van der Waals surface area contributed by atoms with E-state index in [0.717, 1.165) is 62.5 Å². The summed E-state index contributed by atoms with van der Waals surface area (Å²) in [7, 11) is 0. The van der Waals surface area contributed by atoms with Gasteiger partial charge >= 0.3 is 12.1 Å². The highest BCUT2D eigenvalue weighted by atomic mass is 19.4. The zero-order chi connectivity index (χ0) is 28.1. The standard InChI is InChI=1S/C30H31F3N4O3/c31-30(32,33)25-7-13-36(18-24(25)28(39)40)26-4-3-20-1-2-21(17-23(20)26)27(38)37-16-10-29(19-37)8-14-35(15-9-29)22-5-11-34-12-6-22/h1-2,5-7,11-13,17,26H,3-4,8-10,14-16,18-19H2,(H,39,40)/t26-/m1/s1. The number of carbonyl (C=O) groups excluding carboxylic acids is 1. The van der Waals surface area contributed by atoms with Crippen LogP contribution in [0.4, 0.5) is 18.9 Å². The summed E-state index contributed by atoms with van der Waals surface area (Å²) in [5.74, 6) is -1.60. The number of benzene rings is 1. The molecule has 3 aliphatic heterocycles. The van der Waals surface area contributed by atoms with Crippen LogP contribution in [0, 0.1) is 5.41 Å². The number of rotatable bonds is 4. The van der Waals surface area contributed by atoms with Gasteiger partial charge in [0, 0.05) is 56.0 Å².